The van der Waals surface area contributed by atoms with Crippen LogP contribution in [0.15, 0.2) is 60.7 Å². The number of benzene rings is 2. The fourth-order valence-electron chi connectivity index (χ4n) is 1.37. The molecule has 0 unspecified atom stereocenters. The summed E-state index contributed by atoms with van der Waals surface area (Å²) in [5.41, 5.74) is 0.837. The summed E-state index contributed by atoms with van der Waals surface area (Å²) < 4.78 is 2.05. The van der Waals surface area contributed by atoms with Gasteiger partial charge in [-0.1, -0.05) is 0 Å². The molecule has 2 aromatic carbocycles. The van der Waals surface area contributed by atoms with E-state index in [1.165, 1.54) is 3.61 Å². The summed E-state index contributed by atoms with van der Waals surface area (Å²) in [4.78, 5) is 11.9. The van der Waals surface area contributed by atoms with E-state index in [-0.39, 0.29) is 26.7 Å². The number of rotatable bonds is 4. The Kier molecular flexibility index (Phi) is 4.16. The van der Waals surface area contributed by atoms with Gasteiger partial charge < -0.3 is 0 Å². The van der Waals surface area contributed by atoms with Crippen LogP contribution in [0.3, 0.4) is 0 Å². The van der Waals surface area contributed by atoms with E-state index < -0.39 is 0 Å². The summed E-state index contributed by atoms with van der Waals surface area (Å²) in [6.07, 6.45) is 0. The predicted molar refractivity (Wildman–Crippen MR) is 67.4 cm³/mol. The Morgan fingerprint density at radius 3 is 2.06 bits per heavy atom. The first kappa shape index (κ1) is 11.4. The molecular formula is C14H12OTe. The van der Waals surface area contributed by atoms with Gasteiger partial charge in [-0.25, -0.2) is 0 Å². The first-order valence-corrected chi connectivity index (χ1v) is 7.93. The van der Waals surface area contributed by atoms with Crippen molar-refractivity contribution in [3.8, 4) is 0 Å². The fourth-order valence-corrected chi connectivity index (χ4v) is 3.70. The first-order valence-electron chi connectivity index (χ1n) is 5.12. The van der Waals surface area contributed by atoms with E-state index in [0.29, 0.717) is 4.47 Å². The van der Waals surface area contributed by atoms with Crippen LogP contribution < -0.4 is 3.61 Å². The molecule has 0 heterocycles. The summed E-state index contributed by atoms with van der Waals surface area (Å²) in [7, 11) is 0. The second-order valence-corrected chi connectivity index (χ2v) is 6.38. The van der Waals surface area contributed by atoms with Crippen LogP contribution in [0.5, 0.6) is 0 Å². The van der Waals surface area contributed by atoms with E-state index in [1.807, 2.05) is 48.5 Å². The Morgan fingerprint density at radius 1 is 0.875 bits per heavy atom. The predicted octanol–water partition coefficient (Wildman–Crippen LogP) is 2.32. The van der Waals surface area contributed by atoms with Gasteiger partial charge in [-0.05, 0) is 0 Å². The summed E-state index contributed by atoms with van der Waals surface area (Å²) in [5.74, 6) is 0.270. The number of ketones is 1. The van der Waals surface area contributed by atoms with E-state index in [4.69, 9.17) is 0 Å². The van der Waals surface area contributed by atoms with Crippen molar-refractivity contribution in [2.45, 2.75) is 4.47 Å². The fraction of sp³-hybridized carbons (Fsp3) is 0.0714. The zero-order valence-corrected chi connectivity index (χ0v) is 11.1. The summed E-state index contributed by atoms with van der Waals surface area (Å²) in [5, 5.41) is 0. The van der Waals surface area contributed by atoms with Gasteiger partial charge in [0, 0.05) is 0 Å². The monoisotopic (exact) mass is 326 g/mol. The van der Waals surface area contributed by atoms with Crippen molar-refractivity contribution in [3.05, 3.63) is 66.2 Å². The van der Waals surface area contributed by atoms with Gasteiger partial charge in [0.05, 0.1) is 0 Å². The summed E-state index contributed by atoms with van der Waals surface area (Å²) in [6.45, 7) is 0. The number of hydrogen-bond donors (Lipinski definition) is 0. The third kappa shape index (κ3) is 3.20. The Morgan fingerprint density at radius 2 is 1.44 bits per heavy atom. The Bertz CT molecular complexity index is 451. The molecule has 16 heavy (non-hydrogen) atoms. The molecule has 0 amide bonds. The second-order valence-electron chi connectivity index (χ2n) is 3.39. The van der Waals surface area contributed by atoms with Crippen molar-refractivity contribution in [3.63, 3.8) is 0 Å². The number of Topliss-reactive ketones (excluding diaryl/α,β-unsaturated/α-hetero) is 1. The van der Waals surface area contributed by atoms with Gasteiger partial charge >= 0.3 is 106 Å². The average molecular weight is 324 g/mol. The SMILES string of the molecule is O=C(C[Te]c1ccccc1)c1ccccc1. The van der Waals surface area contributed by atoms with Crippen molar-refractivity contribution >= 4 is 30.3 Å². The maximum atomic E-state index is 11.9. The molecule has 0 bridgehead atoms. The van der Waals surface area contributed by atoms with E-state index in [1.54, 1.807) is 0 Å². The van der Waals surface area contributed by atoms with Gasteiger partial charge in [-0.15, -0.1) is 0 Å². The van der Waals surface area contributed by atoms with Crippen LogP contribution in [-0.2, 0) is 0 Å². The zero-order valence-electron chi connectivity index (χ0n) is 8.80. The van der Waals surface area contributed by atoms with Gasteiger partial charge in [-0.3, -0.25) is 0 Å². The topological polar surface area (TPSA) is 17.1 Å². The maximum absolute atomic E-state index is 11.9. The van der Waals surface area contributed by atoms with Crippen molar-refractivity contribution in [2.24, 2.45) is 0 Å². The Labute approximate surface area is 106 Å². The molecule has 0 atom stereocenters. The molecule has 0 radical (unpaired) electrons. The van der Waals surface area contributed by atoms with Crippen LogP contribution in [0.1, 0.15) is 10.4 Å². The quantitative estimate of drug-likeness (QED) is 0.623. The second kappa shape index (κ2) is 5.84. The third-order valence-electron chi connectivity index (χ3n) is 2.21. The van der Waals surface area contributed by atoms with Crippen molar-refractivity contribution in [2.75, 3.05) is 0 Å². The zero-order chi connectivity index (χ0) is 11.2. The number of carbonyl (C=O) groups is 1. The summed E-state index contributed by atoms with van der Waals surface area (Å²) >= 11 is -0.371. The van der Waals surface area contributed by atoms with Crippen LogP contribution in [0.25, 0.3) is 0 Å². The van der Waals surface area contributed by atoms with Crippen molar-refractivity contribution in [1.29, 1.82) is 0 Å². The molecule has 0 aliphatic carbocycles. The molecule has 0 aliphatic heterocycles. The third-order valence-corrected chi connectivity index (χ3v) is 5.10. The van der Waals surface area contributed by atoms with Crippen LogP contribution >= 0.6 is 0 Å². The molecule has 0 aliphatic rings. The number of carbonyl (C=O) groups excluding carboxylic acids is 1. The normalized spacial score (nSPS) is 10.0. The van der Waals surface area contributed by atoms with Gasteiger partial charge in [0.15, 0.2) is 0 Å². The Balaban J connectivity index is 1.95. The van der Waals surface area contributed by atoms with E-state index in [9.17, 15) is 4.79 Å². The van der Waals surface area contributed by atoms with E-state index in [0.717, 1.165) is 5.56 Å². The molecule has 80 valence electrons. The van der Waals surface area contributed by atoms with E-state index >= 15 is 0 Å². The molecule has 2 rings (SSSR count). The average Bonchev–Trinajstić information content (AvgIpc) is 2.38. The molecular weight excluding hydrogens is 312 g/mol. The number of hydrogen-bond acceptors (Lipinski definition) is 1. The molecule has 0 spiro atoms. The molecule has 2 heteroatoms. The van der Waals surface area contributed by atoms with E-state index in [2.05, 4.69) is 12.1 Å². The molecule has 1 nitrogen and oxygen atoms in total. The van der Waals surface area contributed by atoms with Crippen LogP contribution in [0.2, 0.25) is 4.47 Å². The molecule has 0 N–H and O–H groups in total. The molecule has 0 saturated heterocycles. The Hall–Kier alpha value is -1.10. The minimum absolute atomic E-state index is 0.270. The molecule has 0 aromatic heterocycles. The van der Waals surface area contributed by atoms with Crippen LogP contribution in [-0.4, -0.2) is 26.7 Å². The summed E-state index contributed by atoms with van der Waals surface area (Å²) in [6, 6.07) is 19.8. The molecule has 0 saturated carbocycles. The van der Waals surface area contributed by atoms with Crippen molar-refractivity contribution in [1.82, 2.24) is 0 Å². The van der Waals surface area contributed by atoms with Gasteiger partial charge in [0.25, 0.3) is 0 Å². The van der Waals surface area contributed by atoms with Crippen LogP contribution in [0, 0.1) is 0 Å². The van der Waals surface area contributed by atoms with Gasteiger partial charge in [0.1, 0.15) is 0 Å². The molecule has 0 fully saturated rings. The van der Waals surface area contributed by atoms with Gasteiger partial charge in [-0.2, -0.15) is 0 Å². The molecule has 2 aromatic rings. The minimum atomic E-state index is -0.371. The first-order chi connectivity index (χ1) is 7.86. The van der Waals surface area contributed by atoms with Crippen LogP contribution in [0.4, 0.5) is 0 Å². The standard InChI is InChI=1S/C14H12OTe/c15-14(12-7-3-1-4-8-12)11-16-13-9-5-2-6-10-13/h1-10H,11H2. The van der Waals surface area contributed by atoms with Gasteiger partial charge in [0.2, 0.25) is 0 Å². The van der Waals surface area contributed by atoms with Crippen molar-refractivity contribution < 1.29 is 4.79 Å².